The molecular weight excluding hydrogens is 322 g/mol. The molecule has 1 rings (SSSR count). The molecule has 114 valence electrons. The summed E-state index contributed by atoms with van der Waals surface area (Å²) in [5, 5.41) is 3.40. The van der Waals surface area contributed by atoms with Crippen LogP contribution in [0.3, 0.4) is 0 Å². The van der Waals surface area contributed by atoms with Crippen LogP contribution in [0.15, 0.2) is 22.7 Å². The number of halogens is 1. The van der Waals surface area contributed by atoms with E-state index in [4.69, 9.17) is 14.2 Å². The summed E-state index contributed by atoms with van der Waals surface area (Å²) in [5.74, 6) is 0.900. The molecule has 0 spiro atoms. The van der Waals surface area contributed by atoms with Gasteiger partial charge < -0.3 is 19.5 Å². The molecule has 0 amide bonds. The van der Waals surface area contributed by atoms with Gasteiger partial charge in [0.2, 0.25) is 0 Å². The van der Waals surface area contributed by atoms with E-state index in [9.17, 15) is 0 Å². The highest BCUT2D eigenvalue weighted by atomic mass is 79.9. The van der Waals surface area contributed by atoms with Crippen LogP contribution in [0.25, 0.3) is 0 Å². The maximum absolute atomic E-state index is 5.78. The Balaban J connectivity index is 2.43. The van der Waals surface area contributed by atoms with Gasteiger partial charge in [0.1, 0.15) is 12.4 Å². The van der Waals surface area contributed by atoms with Crippen molar-refractivity contribution in [1.82, 2.24) is 5.32 Å². The number of methoxy groups -OCH3 is 1. The van der Waals surface area contributed by atoms with Crippen LogP contribution in [0.1, 0.15) is 19.4 Å². The van der Waals surface area contributed by atoms with Crippen LogP contribution in [-0.4, -0.2) is 39.6 Å². The minimum atomic E-state index is 0.444. The molecule has 0 saturated carbocycles. The molecule has 0 aliphatic heterocycles. The quantitative estimate of drug-likeness (QED) is 0.661. The predicted octanol–water partition coefficient (Wildman–Crippen LogP) is 2.99. The van der Waals surface area contributed by atoms with E-state index in [2.05, 4.69) is 41.2 Å². The average Bonchev–Trinajstić information content (AvgIpc) is 2.42. The van der Waals surface area contributed by atoms with E-state index in [0.29, 0.717) is 32.5 Å². The summed E-state index contributed by atoms with van der Waals surface area (Å²) in [5.41, 5.74) is 1.14. The molecule has 0 bridgehead atoms. The Morgan fingerprint density at radius 3 is 2.60 bits per heavy atom. The van der Waals surface area contributed by atoms with Gasteiger partial charge in [-0.1, -0.05) is 29.8 Å². The monoisotopic (exact) mass is 345 g/mol. The summed E-state index contributed by atoms with van der Waals surface area (Å²) in [6, 6.07) is 6.49. The van der Waals surface area contributed by atoms with E-state index < -0.39 is 0 Å². The van der Waals surface area contributed by atoms with Crippen molar-refractivity contribution in [2.24, 2.45) is 0 Å². The van der Waals surface area contributed by atoms with Crippen molar-refractivity contribution in [3.05, 3.63) is 28.2 Å². The van der Waals surface area contributed by atoms with E-state index in [1.807, 2.05) is 12.1 Å². The normalized spacial score (nSPS) is 11.1. The summed E-state index contributed by atoms with van der Waals surface area (Å²) < 4.78 is 17.1. The second-order valence-electron chi connectivity index (χ2n) is 4.74. The molecule has 0 aliphatic carbocycles. The highest BCUT2D eigenvalue weighted by molar-refractivity contribution is 9.10. The summed E-state index contributed by atoms with van der Waals surface area (Å²) in [6.07, 6.45) is 0. The maximum Gasteiger partial charge on any atom is 0.123 e. The van der Waals surface area contributed by atoms with Gasteiger partial charge in [-0.25, -0.2) is 0 Å². The third kappa shape index (κ3) is 7.24. The SMILES string of the molecule is COCCOCCOc1ccc(Br)cc1CNC(C)C. The molecule has 0 radical (unpaired) electrons. The third-order valence-corrected chi connectivity index (χ3v) is 3.13. The van der Waals surface area contributed by atoms with Crippen molar-refractivity contribution in [2.75, 3.05) is 33.5 Å². The van der Waals surface area contributed by atoms with Gasteiger partial charge in [-0.2, -0.15) is 0 Å². The Morgan fingerprint density at radius 1 is 1.15 bits per heavy atom. The Labute approximate surface area is 129 Å². The first-order chi connectivity index (χ1) is 9.63. The molecule has 1 N–H and O–H groups in total. The summed E-state index contributed by atoms with van der Waals surface area (Å²) >= 11 is 3.49. The number of benzene rings is 1. The number of hydrogen-bond donors (Lipinski definition) is 1. The van der Waals surface area contributed by atoms with Gasteiger partial charge in [0, 0.05) is 29.7 Å². The molecule has 0 unspecified atom stereocenters. The molecule has 0 heterocycles. The van der Waals surface area contributed by atoms with Crippen molar-refractivity contribution in [3.63, 3.8) is 0 Å². The van der Waals surface area contributed by atoms with Crippen LogP contribution < -0.4 is 10.1 Å². The Kier molecular flexibility index (Phi) is 8.85. The number of nitrogens with one attached hydrogen (secondary N) is 1. The van der Waals surface area contributed by atoms with Crippen LogP contribution >= 0.6 is 15.9 Å². The largest absolute Gasteiger partial charge is 0.491 e. The van der Waals surface area contributed by atoms with Crippen molar-refractivity contribution in [3.8, 4) is 5.75 Å². The number of ether oxygens (including phenoxy) is 3. The van der Waals surface area contributed by atoms with Gasteiger partial charge in [-0.05, 0) is 18.2 Å². The molecule has 1 aromatic rings. The van der Waals surface area contributed by atoms with Crippen molar-refractivity contribution in [2.45, 2.75) is 26.4 Å². The van der Waals surface area contributed by atoms with Crippen molar-refractivity contribution < 1.29 is 14.2 Å². The molecule has 0 atom stereocenters. The molecule has 0 saturated heterocycles. The highest BCUT2D eigenvalue weighted by Crippen LogP contribution is 2.23. The van der Waals surface area contributed by atoms with E-state index >= 15 is 0 Å². The van der Waals surface area contributed by atoms with Gasteiger partial charge >= 0.3 is 0 Å². The fourth-order valence-electron chi connectivity index (χ4n) is 1.60. The molecule has 0 fully saturated rings. The van der Waals surface area contributed by atoms with Crippen LogP contribution in [0, 0.1) is 0 Å². The first-order valence-electron chi connectivity index (χ1n) is 6.84. The Bertz CT molecular complexity index is 385. The lowest BCUT2D eigenvalue weighted by Crippen LogP contribution is -2.22. The topological polar surface area (TPSA) is 39.7 Å². The van der Waals surface area contributed by atoms with Gasteiger partial charge in [0.15, 0.2) is 0 Å². The first-order valence-corrected chi connectivity index (χ1v) is 7.64. The zero-order chi connectivity index (χ0) is 14.8. The van der Waals surface area contributed by atoms with E-state index in [1.165, 1.54) is 0 Å². The van der Waals surface area contributed by atoms with Crippen molar-refractivity contribution in [1.29, 1.82) is 0 Å². The Hall–Kier alpha value is -0.620. The summed E-state index contributed by atoms with van der Waals surface area (Å²) in [6.45, 7) is 7.36. The minimum Gasteiger partial charge on any atom is -0.491 e. The smallest absolute Gasteiger partial charge is 0.123 e. The van der Waals surface area contributed by atoms with Crippen LogP contribution in [0.4, 0.5) is 0 Å². The molecule has 20 heavy (non-hydrogen) atoms. The predicted molar refractivity (Wildman–Crippen MR) is 84.3 cm³/mol. The maximum atomic E-state index is 5.78. The van der Waals surface area contributed by atoms with Crippen LogP contribution in [0.2, 0.25) is 0 Å². The lowest BCUT2D eigenvalue weighted by Gasteiger charge is -2.14. The van der Waals surface area contributed by atoms with E-state index in [1.54, 1.807) is 7.11 Å². The van der Waals surface area contributed by atoms with E-state index in [0.717, 1.165) is 22.3 Å². The fourth-order valence-corrected chi connectivity index (χ4v) is 2.00. The van der Waals surface area contributed by atoms with Gasteiger partial charge in [0.05, 0.1) is 19.8 Å². The fraction of sp³-hybridized carbons (Fsp3) is 0.600. The lowest BCUT2D eigenvalue weighted by molar-refractivity contribution is 0.0542. The number of rotatable bonds is 10. The standard InChI is InChI=1S/C15H24BrNO3/c1-12(2)17-11-13-10-14(16)4-5-15(13)20-9-8-19-7-6-18-3/h4-5,10,12,17H,6-9,11H2,1-3H3. The van der Waals surface area contributed by atoms with Crippen LogP contribution in [-0.2, 0) is 16.0 Å². The third-order valence-electron chi connectivity index (χ3n) is 2.64. The van der Waals surface area contributed by atoms with Gasteiger partial charge in [-0.15, -0.1) is 0 Å². The molecule has 4 nitrogen and oxygen atoms in total. The summed E-state index contributed by atoms with van der Waals surface area (Å²) in [4.78, 5) is 0. The zero-order valence-corrected chi connectivity index (χ0v) is 14.0. The average molecular weight is 346 g/mol. The number of hydrogen-bond acceptors (Lipinski definition) is 4. The molecule has 0 aliphatic rings. The second kappa shape index (κ2) is 10.2. The second-order valence-corrected chi connectivity index (χ2v) is 5.66. The van der Waals surface area contributed by atoms with E-state index in [-0.39, 0.29) is 0 Å². The van der Waals surface area contributed by atoms with Gasteiger partial charge in [0.25, 0.3) is 0 Å². The Morgan fingerprint density at radius 2 is 1.90 bits per heavy atom. The minimum absolute atomic E-state index is 0.444. The first kappa shape index (κ1) is 17.4. The summed E-state index contributed by atoms with van der Waals surface area (Å²) in [7, 11) is 1.66. The zero-order valence-electron chi connectivity index (χ0n) is 12.4. The molecular formula is C15H24BrNO3. The van der Waals surface area contributed by atoms with Crippen LogP contribution in [0.5, 0.6) is 5.75 Å². The lowest BCUT2D eigenvalue weighted by atomic mass is 10.2. The molecule has 5 heteroatoms. The van der Waals surface area contributed by atoms with Gasteiger partial charge in [-0.3, -0.25) is 0 Å². The highest BCUT2D eigenvalue weighted by Gasteiger charge is 2.05. The van der Waals surface area contributed by atoms with Crippen molar-refractivity contribution >= 4 is 15.9 Å². The molecule has 1 aromatic carbocycles. The molecule has 0 aromatic heterocycles.